The Bertz CT molecular complexity index is 350. The maximum atomic E-state index is 11.7. The first-order chi connectivity index (χ1) is 8.21. The summed E-state index contributed by atoms with van der Waals surface area (Å²) in [6, 6.07) is 0. The molecule has 0 bridgehead atoms. The highest BCUT2D eigenvalue weighted by molar-refractivity contribution is 5.79. The van der Waals surface area contributed by atoms with Gasteiger partial charge in [0.1, 0.15) is 5.94 Å². The zero-order valence-electron chi connectivity index (χ0n) is 9.86. The van der Waals surface area contributed by atoms with Crippen molar-refractivity contribution in [3.05, 3.63) is 5.57 Å². The highest BCUT2D eigenvalue weighted by Gasteiger charge is 2.45. The van der Waals surface area contributed by atoms with Crippen molar-refractivity contribution in [2.45, 2.75) is 32.0 Å². The molecular weight excluding hydrogens is 224 g/mol. The summed E-state index contributed by atoms with van der Waals surface area (Å²) in [7, 11) is 0. The molecule has 5 heteroatoms. The van der Waals surface area contributed by atoms with Gasteiger partial charge in [0.25, 0.3) is 0 Å². The quantitative estimate of drug-likeness (QED) is 0.529. The van der Waals surface area contributed by atoms with E-state index in [1.165, 1.54) is 0 Å². The van der Waals surface area contributed by atoms with Gasteiger partial charge >= 0.3 is 5.97 Å². The molecule has 1 atom stereocenters. The lowest BCUT2D eigenvalue weighted by Crippen LogP contribution is -2.39. The van der Waals surface area contributed by atoms with Crippen LogP contribution in [0, 0.1) is 5.92 Å². The molecule has 0 aromatic rings. The molecule has 1 unspecified atom stereocenters. The fourth-order valence-electron chi connectivity index (χ4n) is 2.39. The highest BCUT2D eigenvalue weighted by Crippen LogP contribution is 2.40. The van der Waals surface area contributed by atoms with Gasteiger partial charge in [-0.15, -0.1) is 0 Å². The first-order valence-corrected chi connectivity index (χ1v) is 5.89. The van der Waals surface area contributed by atoms with Crippen molar-refractivity contribution in [2.75, 3.05) is 19.8 Å². The zero-order chi connectivity index (χ0) is 12.3. The van der Waals surface area contributed by atoms with Crippen LogP contribution < -0.4 is 0 Å². The van der Waals surface area contributed by atoms with Gasteiger partial charge in [-0.2, -0.15) is 0 Å². The fraction of sp³-hybridized carbons (Fsp3) is 0.750. The van der Waals surface area contributed by atoms with Crippen LogP contribution in [-0.2, 0) is 23.8 Å². The normalized spacial score (nSPS) is 26.9. The smallest absolute Gasteiger partial charge is 0.313 e. The molecule has 94 valence electrons. The summed E-state index contributed by atoms with van der Waals surface area (Å²) >= 11 is 0. The number of esters is 1. The third-order valence-corrected chi connectivity index (χ3v) is 3.21. The first-order valence-electron chi connectivity index (χ1n) is 5.89. The van der Waals surface area contributed by atoms with Crippen LogP contribution in [0.25, 0.3) is 0 Å². The minimum atomic E-state index is -0.699. The van der Waals surface area contributed by atoms with Gasteiger partial charge in [-0.05, 0) is 13.3 Å². The second kappa shape index (κ2) is 5.00. The lowest BCUT2D eigenvalue weighted by Gasteiger charge is -2.34. The molecule has 0 aromatic heterocycles. The molecule has 2 aliphatic rings. The number of rotatable bonds is 2. The summed E-state index contributed by atoms with van der Waals surface area (Å²) in [5, 5.41) is 0. The summed E-state index contributed by atoms with van der Waals surface area (Å²) in [4.78, 5) is 22.6. The molecule has 0 amide bonds. The molecule has 1 heterocycles. The monoisotopic (exact) mass is 240 g/mol. The van der Waals surface area contributed by atoms with E-state index < -0.39 is 11.7 Å². The fourth-order valence-corrected chi connectivity index (χ4v) is 2.39. The van der Waals surface area contributed by atoms with Gasteiger partial charge in [0.05, 0.1) is 25.7 Å². The van der Waals surface area contributed by atoms with Gasteiger partial charge in [0.2, 0.25) is 0 Å². The van der Waals surface area contributed by atoms with Crippen LogP contribution >= 0.6 is 0 Å². The Kier molecular flexibility index (Phi) is 3.62. The standard InChI is InChI=1S/C12H16O5/c1-2-15-11(14)10-3-4-12(7-9(10)8-13)16-5-6-17-12/h10H,2-7H2,1H3. The van der Waals surface area contributed by atoms with Crippen LogP contribution in [0.2, 0.25) is 0 Å². The SMILES string of the molecule is CCOC(=O)C1CCC2(CC1=C=O)OCCO2. The second-order valence-electron chi connectivity index (χ2n) is 4.25. The van der Waals surface area contributed by atoms with Gasteiger partial charge in [0, 0.05) is 18.4 Å². The maximum absolute atomic E-state index is 11.7. The van der Waals surface area contributed by atoms with Crippen molar-refractivity contribution >= 4 is 11.9 Å². The van der Waals surface area contributed by atoms with E-state index in [-0.39, 0.29) is 5.97 Å². The summed E-state index contributed by atoms with van der Waals surface area (Å²) in [5.41, 5.74) is 0.400. The number of ether oxygens (including phenoxy) is 3. The molecule has 0 radical (unpaired) electrons. The Labute approximate surface area is 99.7 Å². The van der Waals surface area contributed by atoms with Gasteiger partial charge in [0.15, 0.2) is 5.79 Å². The van der Waals surface area contributed by atoms with Crippen molar-refractivity contribution in [1.29, 1.82) is 0 Å². The van der Waals surface area contributed by atoms with E-state index in [2.05, 4.69) is 0 Å². The van der Waals surface area contributed by atoms with Gasteiger partial charge in [-0.3, -0.25) is 4.79 Å². The lowest BCUT2D eigenvalue weighted by molar-refractivity contribution is -0.176. The highest BCUT2D eigenvalue weighted by atomic mass is 16.7. The molecule has 2 fully saturated rings. The Morgan fingerprint density at radius 1 is 1.53 bits per heavy atom. The van der Waals surface area contributed by atoms with E-state index in [0.29, 0.717) is 44.7 Å². The first kappa shape index (κ1) is 12.3. The Balaban J connectivity index is 2.08. The van der Waals surface area contributed by atoms with E-state index in [4.69, 9.17) is 14.2 Å². The third-order valence-electron chi connectivity index (χ3n) is 3.21. The number of carbonyl (C=O) groups excluding carboxylic acids is 2. The van der Waals surface area contributed by atoms with E-state index in [1.54, 1.807) is 6.92 Å². The van der Waals surface area contributed by atoms with Crippen molar-refractivity contribution in [3.8, 4) is 0 Å². The Morgan fingerprint density at radius 3 is 2.82 bits per heavy atom. The average Bonchev–Trinajstić information content (AvgIpc) is 2.77. The van der Waals surface area contributed by atoms with Crippen LogP contribution in [0.4, 0.5) is 0 Å². The molecule has 1 saturated carbocycles. The van der Waals surface area contributed by atoms with Crippen LogP contribution in [-0.4, -0.2) is 37.5 Å². The molecule has 0 N–H and O–H groups in total. The Morgan fingerprint density at radius 2 is 2.24 bits per heavy atom. The summed E-state index contributed by atoms with van der Waals surface area (Å²) in [6.07, 6.45) is 1.45. The van der Waals surface area contributed by atoms with Crippen molar-refractivity contribution in [3.63, 3.8) is 0 Å². The lowest BCUT2D eigenvalue weighted by atomic mass is 9.81. The van der Waals surface area contributed by atoms with Crippen LogP contribution in [0.3, 0.4) is 0 Å². The molecule has 1 saturated heterocycles. The minimum absolute atomic E-state index is 0.319. The maximum Gasteiger partial charge on any atom is 0.313 e. The number of hydrogen-bond acceptors (Lipinski definition) is 5. The average molecular weight is 240 g/mol. The molecular formula is C12H16O5. The van der Waals surface area contributed by atoms with Crippen molar-refractivity contribution in [2.24, 2.45) is 5.92 Å². The molecule has 1 aliphatic carbocycles. The zero-order valence-corrected chi connectivity index (χ0v) is 9.86. The van der Waals surface area contributed by atoms with Gasteiger partial charge in [-0.1, -0.05) is 0 Å². The second-order valence-corrected chi connectivity index (χ2v) is 4.25. The van der Waals surface area contributed by atoms with E-state index in [1.807, 2.05) is 5.94 Å². The summed E-state index contributed by atoms with van der Waals surface area (Å²) in [6.45, 7) is 3.14. The van der Waals surface area contributed by atoms with E-state index in [9.17, 15) is 9.59 Å². The third kappa shape index (κ3) is 2.41. The molecule has 17 heavy (non-hydrogen) atoms. The number of carbonyl (C=O) groups is 1. The van der Waals surface area contributed by atoms with Gasteiger partial charge < -0.3 is 14.2 Å². The molecule has 2 rings (SSSR count). The van der Waals surface area contributed by atoms with Crippen molar-refractivity contribution < 1.29 is 23.8 Å². The van der Waals surface area contributed by atoms with Crippen LogP contribution in [0.5, 0.6) is 0 Å². The molecule has 1 aliphatic heterocycles. The number of hydrogen-bond donors (Lipinski definition) is 0. The van der Waals surface area contributed by atoms with Crippen LogP contribution in [0.15, 0.2) is 5.57 Å². The largest absolute Gasteiger partial charge is 0.466 e. The topological polar surface area (TPSA) is 61.8 Å². The predicted octanol–water partition coefficient (Wildman–Crippen LogP) is 0.851. The summed E-state index contributed by atoms with van der Waals surface area (Å²) in [5.74, 6) is 0.323. The van der Waals surface area contributed by atoms with Crippen molar-refractivity contribution in [1.82, 2.24) is 0 Å². The van der Waals surface area contributed by atoms with Crippen LogP contribution in [0.1, 0.15) is 26.2 Å². The Hall–Kier alpha value is -1.16. The molecule has 0 aromatic carbocycles. The predicted molar refractivity (Wildman–Crippen MR) is 57.8 cm³/mol. The molecule has 1 spiro atoms. The van der Waals surface area contributed by atoms with E-state index in [0.717, 1.165) is 0 Å². The molecule has 5 nitrogen and oxygen atoms in total. The minimum Gasteiger partial charge on any atom is -0.466 e. The van der Waals surface area contributed by atoms with E-state index >= 15 is 0 Å². The summed E-state index contributed by atoms with van der Waals surface area (Å²) < 4.78 is 16.0. The van der Waals surface area contributed by atoms with Gasteiger partial charge in [-0.25, -0.2) is 4.79 Å².